The average Bonchev–Trinajstić information content (AvgIpc) is 3.03. The van der Waals surface area contributed by atoms with Crippen LogP contribution in [0.1, 0.15) is 37.4 Å². The molecule has 0 bridgehead atoms. The van der Waals surface area contributed by atoms with E-state index in [0.717, 1.165) is 11.1 Å². The number of benzene rings is 2. The average molecular weight is 353 g/mol. The van der Waals surface area contributed by atoms with Crippen LogP contribution >= 0.6 is 0 Å². The van der Waals surface area contributed by atoms with Crippen LogP contribution in [-0.4, -0.2) is 41.3 Å². The van der Waals surface area contributed by atoms with Crippen molar-refractivity contribution in [2.75, 3.05) is 13.2 Å². The lowest BCUT2D eigenvalue weighted by atomic mass is 9.96. The molecule has 0 amide bonds. The summed E-state index contributed by atoms with van der Waals surface area (Å²) < 4.78 is 5.50. The van der Waals surface area contributed by atoms with Gasteiger partial charge in [0, 0.05) is 13.0 Å². The molecule has 138 valence electrons. The minimum atomic E-state index is -0.526. The highest BCUT2D eigenvalue weighted by Gasteiger charge is 2.41. The standard InChI is InChI=1S/C22H27NO3/c1-16(2)15-26-22(25)20-13-19(24)14-23(20)21(17-9-5-3-6-10-17)18-11-7-4-8-12-18/h3-12,16,19-21,24H,13-15H2,1-2H3/t19-,20-/m0/s1. The molecule has 0 radical (unpaired) electrons. The molecule has 1 saturated heterocycles. The highest BCUT2D eigenvalue weighted by Crippen LogP contribution is 2.35. The van der Waals surface area contributed by atoms with E-state index in [2.05, 4.69) is 29.2 Å². The molecule has 26 heavy (non-hydrogen) atoms. The number of rotatable bonds is 6. The Kier molecular flexibility index (Phi) is 6.07. The second-order valence-electron chi connectivity index (χ2n) is 7.35. The fourth-order valence-corrected chi connectivity index (χ4v) is 3.55. The molecule has 3 rings (SSSR count). The SMILES string of the molecule is CC(C)COC(=O)[C@@H]1C[C@H](O)CN1C(c1ccccc1)c1ccccc1. The minimum absolute atomic E-state index is 0.0915. The second kappa shape index (κ2) is 8.47. The van der Waals surface area contributed by atoms with Crippen LogP contribution < -0.4 is 0 Å². The van der Waals surface area contributed by atoms with Gasteiger partial charge in [-0.2, -0.15) is 0 Å². The van der Waals surface area contributed by atoms with Gasteiger partial charge in [0.15, 0.2) is 0 Å². The van der Waals surface area contributed by atoms with Crippen molar-refractivity contribution < 1.29 is 14.6 Å². The van der Waals surface area contributed by atoms with Crippen LogP contribution in [0.25, 0.3) is 0 Å². The number of carbonyl (C=O) groups excluding carboxylic acids is 1. The Hall–Kier alpha value is -2.17. The molecule has 2 aromatic carbocycles. The Morgan fingerprint density at radius 3 is 2.12 bits per heavy atom. The Bertz CT molecular complexity index is 662. The summed E-state index contributed by atoms with van der Waals surface area (Å²) in [6.45, 7) is 4.90. The zero-order chi connectivity index (χ0) is 18.5. The number of esters is 1. The number of β-amino-alcohol motifs (C(OH)–C–C–N with tert-alkyl or cyclic N) is 1. The van der Waals surface area contributed by atoms with E-state index in [1.807, 2.05) is 50.2 Å². The fraction of sp³-hybridized carbons (Fsp3) is 0.409. The maximum absolute atomic E-state index is 12.7. The molecule has 1 heterocycles. The third-order valence-electron chi connectivity index (χ3n) is 4.71. The lowest BCUT2D eigenvalue weighted by Crippen LogP contribution is -2.40. The number of carbonyl (C=O) groups is 1. The molecule has 0 spiro atoms. The van der Waals surface area contributed by atoms with Crippen LogP contribution in [0, 0.1) is 5.92 Å². The van der Waals surface area contributed by atoms with Crippen LogP contribution in [0.15, 0.2) is 60.7 Å². The van der Waals surface area contributed by atoms with Crippen LogP contribution in [0.5, 0.6) is 0 Å². The molecule has 1 fully saturated rings. The summed E-state index contributed by atoms with van der Waals surface area (Å²) in [4.78, 5) is 14.8. The lowest BCUT2D eigenvalue weighted by molar-refractivity contribution is -0.150. The van der Waals surface area contributed by atoms with E-state index in [1.165, 1.54) is 0 Å². The van der Waals surface area contributed by atoms with Crippen molar-refractivity contribution in [3.8, 4) is 0 Å². The highest BCUT2D eigenvalue weighted by atomic mass is 16.5. The Morgan fingerprint density at radius 1 is 1.08 bits per heavy atom. The number of aliphatic hydroxyl groups is 1. The van der Waals surface area contributed by atoms with Crippen molar-refractivity contribution in [1.29, 1.82) is 0 Å². The topological polar surface area (TPSA) is 49.8 Å². The van der Waals surface area contributed by atoms with Crippen molar-refractivity contribution in [3.05, 3.63) is 71.8 Å². The van der Waals surface area contributed by atoms with Crippen LogP contribution in [0.4, 0.5) is 0 Å². The van der Waals surface area contributed by atoms with Gasteiger partial charge in [-0.05, 0) is 17.0 Å². The quantitative estimate of drug-likeness (QED) is 0.809. The van der Waals surface area contributed by atoms with E-state index in [-0.39, 0.29) is 17.9 Å². The van der Waals surface area contributed by atoms with Crippen LogP contribution in [0.2, 0.25) is 0 Å². The van der Waals surface area contributed by atoms with E-state index in [0.29, 0.717) is 19.6 Å². The summed E-state index contributed by atoms with van der Waals surface area (Å²) in [5.41, 5.74) is 2.21. The molecule has 4 heteroatoms. The summed E-state index contributed by atoms with van der Waals surface area (Å²) in [5.74, 6) is 0.0462. The van der Waals surface area contributed by atoms with Crippen LogP contribution in [0.3, 0.4) is 0 Å². The first kappa shape index (κ1) is 18.6. The number of hydrogen-bond acceptors (Lipinski definition) is 4. The zero-order valence-electron chi connectivity index (χ0n) is 15.4. The number of nitrogens with zero attached hydrogens (tertiary/aromatic N) is 1. The Morgan fingerprint density at radius 2 is 1.62 bits per heavy atom. The molecule has 1 aliphatic heterocycles. The van der Waals surface area contributed by atoms with Gasteiger partial charge in [-0.3, -0.25) is 9.69 Å². The molecule has 1 aliphatic rings. The molecule has 1 N–H and O–H groups in total. The maximum Gasteiger partial charge on any atom is 0.323 e. The predicted octanol–water partition coefficient (Wildman–Crippen LogP) is 3.41. The molecule has 2 aromatic rings. The highest BCUT2D eigenvalue weighted by molar-refractivity contribution is 5.76. The van der Waals surface area contributed by atoms with Crippen molar-refractivity contribution in [2.45, 2.75) is 38.5 Å². The summed E-state index contributed by atoms with van der Waals surface area (Å²) in [6, 6.07) is 19.7. The first-order valence-corrected chi connectivity index (χ1v) is 9.26. The molecular weight excluding hydrogens is 326 g/mol. The summed E-state index contributed by atoms with van der Waals surface area (Å²) in [5, 5.41) is 10.3. The zero-order valence-corrected chi connectivity index (χ0v) is 15.4. The van der Waals surface area contributed by atoms with E-state index in [9.17, 15) is 9.90 Å². The van der Waals surface area contributed by atoms with E-state index in [1.54, 1.807) is 0 Å². The minimum Gasteiger partial charge on any atom is -0.464 e. The smallest absolute Gasteiger partial charge is 0.323 e. The fourth-order valence-electron chi connectivity index (χ4n) is 3.55. The van der Waals surface area contributed by atoms with Gasteiger partial charge in [-0.25, -0.2) is 0 Å². The van der Waals surface area contributed by atoms with Crippen molar-refractivity contribution in [3.63, 3.8) is 0 Å². The van der Waals surface area contributed by atoms with Crippen molar-refractivity contribution in [2.24, 2.45) is 5.92 Å². The van der Waals surface area contributed by atoms with E-state index < -0.39 is 12.1 Å². The second-order valence-corrected chi connectivity index (χ2v) is 7.35. The number of aliphatic hydroxyl groups excluding tert-OH is 1. The Balaban J connectivity index is 1.92. The van der Waals surface area contributed by atoms with Crippen molar-refractivity contribution >= 4 is 5.97 Å². The molecule has 0 unspecified atom stereocenters. The number of likely N-dealkylation sites (tertiary alicyclic amines) is 1. The lowest BCUT2D eigenvalue weighted by Gasteiger charge is -2.32. The number of ether oxygens (including phenoxy) is 1. The third-order valence-corrected chi connectivity index (χ3v) is 4.71. The van der Waals surface area contributed by atoms with Gasteiger partial charge in [0.05, 0.1) is 18.8 Å². The molecular formula is C22H27NO3. The van der Waals surface area contributed by atoms with Gasteiger partial charge in [-0.15, -0.1) is 0 Å². The first-order valence-electron chi connectivity index (χ1n) is 9.26. The van der Waals surface area contributed by atoms with Gasteiger partial charge < -0.3 is 9.84 Å². The van der Waals surface area contributed by atoms with Gasteiger partial charge in [0.2, 0.25) is 0 Å². The molecule has 0 aliphatic carbocycles. The maximum atomic E-state index is 12.7. The molecule has 4 nitrogen and oxygen atoms in total. The molecule has 2 atom stereocenters. The summed E-state index contributed by atoms with van der Waals surface area (Å²) in [6.07, 6.45) is -0.117. The first-order chi connectivity index (χ1) is 12.6. The van der Waals surface area contributed by atoms with Gasteiger partial charge >= 0.3 is 5.97 Å². The van der Waals surface area contributed by atoms with Crippen molar-refractivity contribution in [1.82, 2.24) is 4.90 Å². The molecule has 0 saturated carbocycles. The van der Waals surface area contributed by atoms with E-state index >= 15 is 0 Å². The van der Waals surface area contributed by atoms with Gasteiger partial charge in [0.25, 0.3) is 0 Å². The Labute approximate surface area is 155 Å². The van der Waals surface area contributed by atoms with Crippen LogP contribution in [-0.2, 0) is 9.53 Å². The summed E-state index contributed by atoms with van der Waals surface area (Å²) >= 11 is 0. The third kappa shape index (κ3) is 4.32. The monoisotopic (exact) mass is 353 g/mol. The molecule has 0 aromatic heterocycles. The predicted molar refractivity (Wildman–Crippen MR) is 102 cm³/mol. The van der Waals surface area contributed by atoms with Gasteiger partial charge in [-0.1, -0.05) is 74.5 Å². The number of hydrogen-bond donors (Lipinski definition) is 1. The van der Waals surface area contributed by atoms with E-state index in [4.69, 9.17) is 4.74 Å². The normalized spacial score (nSPS) is 20.7. The van der Waals surface area contributed by atoms with Gasteiger partial charge in [0.1, 0.15) is 6.04 Å². The summed E-state index contributed by atoms with van der Waals surface area (Å²) in [7, 11) is 0. The largest absolute Gasteiger partial charge is 0.464 e.